The molecule has 0 radical (unpaired) electrons. The van der Waals surface area contributed by atoms with Gasteiger partial charge >= 0.3 is 0 Å². The largest absolute Gasteiger partial charge is 0.495 e. The lowest BCUT2D eigenvalue weighted by Gasteiger charge is -2.32. The second kappa shape index (κ2) is 14.9. The van der Waals surface area contributed by atoms with Crippen molar-refractivity contribution in [2.75, 3.05) is 85.9 Å². The first-order valence-electron chi connectivity index (χ1n) is 10.8. The SMILES string of the molecule is COCCN(CCOCCN(CCOC)c1ccccc1OC)C1=CC=CCC1OC. The van der Waals surface area contributed by atoms with Crippen LogP contribution in [0.5, 0.6) is 5.75 Å². The Morgan fingerprint density at radius 2 is 1.48 bits per heavy atom. The normalized spacial score (nSPS) is 15.6. The summed E-state index contributed by atoms with van der Waals surface area (Å²) < 4.78 is 27.8. The van der Waals surface area contributed by atoms with Crippen molar-refractivity contribution in [2.45, 2.75) is 12.5 Å². The fourth-order valence-electron chi connectivity index (χ4n) is 3.59. The molecule has 0 saturated carbocycles. The summed E-state index contributed by atoms with van der Waals surface area (Å²) in [5.41, 5.74) is 2.23. The van der Waals surface area contributed by atoms with Crippen molar-refractivity contribution in [3.8, 4) is 5.75 Å². The van der Waals surface area contributed by atoms with Crippen molar-refractivity contribution in [3.05, 3.63) is 48.2 Å². The van der Waals surface area contributed by atoms with Gasteiger partial charge < -0.3 is 33.5 Å². The van der Waals surface area contributed by atoms with Crippen LogP contribution in [-0.2, 0) is 18.9 Å². The Balaban J connectivity index is 1.88. The topological polar surface area (TPSA) is 52.6 Å². The highest BCUT2D eigenvalue weighted by Gasteiger charge is 2.20. The summed E-state index contributed by atoms with van der Waals surface area (Å²) in [5.74, 6) is 0.854. The van der Waals surface area contributed by atoms with Crippen LogP contribution >= 0.6 is 0 Å². The molecule has 1 atom stereocenters. The Bertz CT molecular complexity index is 680. The standard InChI is InChI=1S/C24H38N2O5/c1-27-17-13-25(21-9-5-7-11-23(21)29-3)15-19-31-20-16-26(14-18-28-2)22-10-6-8-12-24(22)30-4/h5-11,24H,12-20H2,1-4H3. The highest BCUT2D eigenvalue weighted by Crippen LogP contribution is 2.27. The number of allylic oxidation sites excluding steroid dienone is 2. The Kier molecular flexibility index (Phi) is 12.1. The summed E-state index contributed by atoms with van der Waals surface area (Å²) in [4.78, 5) is 4.53. The first kappa shape index (κ1) is 25.2. The molecule has 0 saturated heterocycles. The van der Waals surface area contributed by atoms with E-state index < -0.39 is 0 Å². The highest BCUT2D eigenvalue weighted by molar-refractivity contribution is 5.58. The van der Waals surface area contributed by atoms with Gasteiger partial charge in [-0.25, -0.2) is 0 Å². The number of hydrogen-bond donors (Lipinski definition) is 0. The summed E-state index contributed by atoms with van der Waals surface area (Å²) in [6.45, 7) is 5.68. The van der Waals surface area contributed by atoms with Crippen LogP contribution in [0.2, 0.25) is 0 Å². The predicted molar refractivity (Wildman–Crippen MR) is 124 cm³/mol. The lowest BCUT2D eigenvalue weighted by atomic mass is 10.1. The molecule has 1 aliphatic rings. The van der Waals surface area contributed by atoms with Crippen LogP contribution in [0.25, 0.3) is 0 Å². The van der Waals surface area contributed by atoms with E-state index in [9.17, 15) is 0 Å². The first-order chi connectivity index (χ1) is 15.2. The van der Waals surface area contributed by atoms with Crippen molar-refractivity contribution in [1.29, 1.82) is 0 Å². The van der Waals surface area contributed by atoms with E-state index >= 15 is 0 Å². The van der Waals surface area contributed by atoms with Crippen LogP contribution in [0.4, 0.5) is 5.69 Å². The van der Waals surface area contributed by atoms with E-state index in [4.69, 9.17) is 23.7 Å². The van der Waals surface area contributed by atoms with E-state index in [2.05, 4.69) is 34.1 Å². The minimum atomic E-state index is 0.0805. The molecular formula is C24H38N2O5. The molecule has 7 heteroatoms. The maximum atomic E-state index is 6.02. The van der Waals surface area contributed by atoms with E-state index in [0.717, 1.165) is 44.0 Å². The summed E-state index contributed by atoms with van der Waals surface area (Å²) >= 11 is 0. The quantitative estimate of drug-likeness (QED) is 0.371. The lowest BCUT2D eigenvalue weighted by Crippen LogP contribution is -2.37. The van der Waals surface area contributed by atoms with Gasteiger partial charge in [0.15, 0.2) is 0 Å². The molecule has 174 valence electrons. The van der Waals surface area contributed by atoms with Crippen LogP contribution < -0.4 is 9.64 Å². The summed E-state index contributed by atoms with van der Waals surface area (Å²) in [6, 6.07) is 8.03. The van der Waals surface area contributed by atoms with Gasteiger partial charge in [0, 0.05) is 53.2 Å². The fourth-order valence-corrected chi connectivity index (χ4v) is 3.59. The first-order valence-corrected chi connectivity index (χ1v) is 10.8. The molecule has 7 nitrogen and oxygen atoms in total. The molecule has 1 aliphatic carbocycles. The summed E-state index contributed by atoms with van der Waals surface area (Å²) in [6.07, 6.45) is 7.32. The van der Waals surface area contributed by atoms with Gasteiger partial charge in [-0.15, -0.1) is 0 Å². The minimum Gasteiger partial charge on any atom is -0.495 e. The number of benzene rings is 1. The maximum Gasteiger partial charge on any atom is 0.142 e. The van der Waals surface area contributed by atoms with Gasteiger partial charge in [0.2, 0.25) is 0 Å². The Labute approximate surface area is 187 Å². The summed E-state index contributed by atoms with van der Waals surface area (Å²) in [5, 5.41) is 0. The Morgan fingerprint density at radius 3 is 2.16 bits per heavy atom. The number of methoxy groups -OCH3 is 4. The third-order valence-corrected chi connectivity index (χ3v) is 5.30. The van der Waals surface area contributed by atoms with Crippen LogP contribution in [0.15, 0.2) is 48.2 Å². The average molecular weight is 435 g/mol. The molecule has 2 rings (SSSR count). The van der Waals surface area contributed by atoms with Gasteiger partial charge in [-0.1, -0.05) is 24.3 Å². The fraction of sp³-hybridized carbons (Fsp3) is 0.583. The molecule has 0 N–H and O–H groups in total. The third kappa shape index (κ3) is 8.18. The number of anilines is 1. The second-order valence-corrected chi connectivity index (χ2v) is 7.22. The Hall–Kier alpha value is -2.06. The van der Waals surface area contributed by atoms with Gasteiger partial charge in [-0.3, -0.25) is 0 Å². The number of ether oxygens (including phenoxy) is 5. The van der Waals surface area contributed by atoms with Gasteiger partial charge in [-0.2, -0.15) is 0 Å². The van der Waals surface area contributed by atoms with E-state index in [1.165, 1.54) is 5.70 Å². The maximum absolute atomic E-state index is 6.02. The van der Waals surface area contributed by atoms with Crippen molar-refractivity contribution in [2.24, 2.45) is 0 Å². The number of hydrogen-bond acceptors (Lipinski definition) is 7. The molecule has 0 bridgehead atoms. The molecule has 0 aliphatic heterocycles. The highest BCUT2D eigenvalue weighted by atomic mass is 16.5. The smallest absolute Gasteiger partial charge is 0.142 e. The van der Waals surface area contributed by atoms with Crippen molar-refractivity contribution in [1.82, 2.24) is 4.90 Å². The van der Waals surface area contributed by atoms with Crippen molar-refractivity contribution in [3.63, 3.8) is 0 Å². The van der Waals surface area contributed by atoms with Crippen LogP contribution in [-0.4, -0.2) is 92.0 Å². The minimum absolute atomic E-state index is 0.0805. The second-order valence-electron chi connectivity index (χ2n) is 7.22. The molecule has 0 spiro atoms. The van der Waals surface area contributed by atoms with E-state index in [1.807, 2.05) is 18.2 Å². The van der Waals surface area contributed by atoms with E-state index in [1.54, 1.807) is 28.4 Å². The zero-order valence-electron chi connectivity index (χ0n) is 19.4. The molecule has 0 heterocycles. The van der Waals surface area contributed by atoms with Gasteiger partial charge in [0.1, 0.15) is 11.9 Å². The molecule has 1 aromatic carbocycles. The molecular weight excluding hydrogens is 396 g/mol. The molecule has 1 unspecified atom stereocenters. The number of para-hydroxylation sites is 2. The Morgan fingerprint density at radius 1 is 0.839 bits per heavy atom. The summed E-state index contributed by atoms with van der Waals surface area (Å²) in [7, 11) is 6.90. The van der Waals surface area contributed by atoms with Gasteiger partial charge in [-0.05, 0) is 24.6 Å². The van der Waals surface area contributed by atoms with Gasteiger partial charge in [0.05, 0.1) is 39.2 Å². The molecule has 0 fully saturated rings. The van der Waals surface area contributed by atoms with Crippen molar-refractivity contribution < 1.29 is 23.7 Å². The molecule has 1 aromatic rings. The van der Waals surface area contributed by atoms with E-state index in [-0.39, 0.29) is 6.10 Å². The zero-order chi connectivity index (χ0) is 22.3. The lowest BCUT2D eigenvalue weighted by molar-refractivity contribution is 0.0696. The third-order valence-electron chi connectivity index (χ3n) is 5.30. The average Bonchev–Trinajstić information content (AvgIpc) is 2.82. The molecule has 0 amide bonds. The van der Waals surface area contributed by atoms with Crippen LogP contribution in [0.3, 0.4) is 0 Å². The number of nitrogens with zero attached hydrogens (tertiary/aromatic N) is 2. The van der Waals surface area contributed by atoms with E-state index in [0.29, 0.717) is 26.4 Å². The van der Waals surface area contributed by atoms with Crippen molar-refractivity contribution >= 4 is 5.69 Å². The number of rotatable bonds is 16. The monoisotopic (exact) mass is 434 g/mol. The van der Waals surface area contributed by atoms with Crippen LogP contribution in [0.1, 0.15) is 6.42 Å². The predicted octanol–water partition coefficient (Wildman–Crippen LogP) is 2.97. The molecule has 31 heavy (non-hydrogen) atoms. The van der Waals surface area contributed by atoms with Gasteiger partial charge in [0.25, 0.3) is 0 Å². The zero-order valence-corrected chi connectivity index (χ0v) is 19.4. The molecule has 0 aromatic heterocycles. The van der Waals surface area contributed by atoms with Crippen LogP contribution in [0, 0.1) is 0 Å².